The van der Waals surface area contributed by atoms with Crippen LogP contribution in [0.15, 0.2) is 58.0 Å². The number of nitrogens with one attached hydrogen (secondary N) is 1. The molecular weight excluding hydrogens is 446 g/mol. The zero-order valence-electron chi connectivity index (χ0n) is 14.1. The molecule has 3 rings (SSSR count). The van der Waals surface area contributed by atoms with Gasteiger partial charge in [-0.1, -0.05) is 46.4 Å². The molecule has 0 saturated carbocycles. The van der Waals surface area contributed by atoms with Crippen LogP contribution in [-0.4, -0.2) is 18.7 Å². The molecule has 5 nitrogen and oxygen atoms in total. The lowest BCUT2D eigenvalue weighted by Crippen LogP contribution is -2.24. The van der Waals surface area contributed by atoms with Crippen LogP contribution in [0.25, 0.3) is 11.3 Å². The SMILES string of the molecule is O=C(COc1ccc(Cl)cc1)N/N=C\c1ccc(-c2cc(Cl)c(Cl)cc2Cl)o1. The van der Waals surface area contributed by atoms with Crippen molar-refractivity contribution in [2.45, 2.75) is 0 Å². The molecule has 0 aliphatic carbocycles. The van der Waals surface area contributed by atoms with Gasteiger partial charge in [0.15, 0.2) is 6.61 Å². The van der Waals surface area contributed by atoms with Crippen LogP contribution in [-0.2, 0) is 4.79 Å². The fourth-order valence-corrected chi connectivity index (χ4v) is 2.92. The van der Waals surface area contributed by atoms with Crippen LogP contribution in [0.4, 0.5) is 0 Å². The van der Waals surface area contributed by atoms with Crippen molar-refractivity contribution in [3.8, 4) is 17.1 Å². The molecule has 0 spiro atoms. The van der Waals surface area contributed by atoms with Gasteiger partial charge < -0.3 is 9.15 Å². The molecule has 28 heavy (non-hydrogen) atoms. The number of furan rings is 1. The van der Waals surface area contributed by atoms with Gasteiger partial charge in [-0.3, -0.25) is 4.79 Å². The van der Waals surface area contributed by atoms with Crippen LogP contribution in [0.1, 0.15) is 5.76 Å². The zero-order chi connectivity index (χ0) is 20.1. The van der Waals surface area contributed by atoms with E-state index < -0.39 is 5.91 Å². The van der Waals surface area contributed by atoms with Gasteiger partial charge in [0.1, 0.15) is 17.3 Å². The average molecular weight is 458 g/mol. The van der Waals surface area contributed by atoms with Gasteiger partial charge in [0.2, 0.25) is 0 Å². The summed E-state index contributed by atoms with van der Waals surface area (Å²) in [4.78, 5) is 11.8. The van der Waals surface area contributed by atoms with Crippen LogP contribution in [0, 0.1) is 0 Å². The van der Waals surface area contributed by atoms with Crippen molar-refractivity contribution < 1.29 is 13.9 Å². The molecule has 0 bridgehead atoms. The Hall–Kier alpha value is -2.18. The first-order valence-electron chi connectivity index (χ1n) is 7.87. The van der Waals surface area contributed by atoms with Gasteiger partial charge in [0.25, 0.3) is 5.91 Å². The van der Waals surface area contributed by atoms with E-state index in [0.717, 1.165) is 0 Å². The van der Waals surface area contributed by atoms with E-state index in [1.807, 2.05) is 0 Å². The van der Waals surface area contributed by atoms with Crippen molar-refractivity contribution in [3.63, 3.8) is 0 Å². The third-order valence-corrected chi connectivity index (χ3v) is 4.75. The topological polar surface area (TPSA) is 63.8 Å². The number of carbonyl (C=O) groups is 1. The average Bonchev–Trinajstić information content (AvgIpc) is 3.13. The molecule has 1 aromatic heterocycles. The molecule has 0 atom stereocenters. The minimum atomic E-state index is -0.425. The predicted octanol–water partition coefficient (Wildman–Crippen LogP) is 6.09. The van der Waals surface area contributed by atoms with Gasteiger partial charge in [0.05, 0.1) is 21.3 Å². The lowest BCUT2D eigenvalue weighted by molar-refractivity contribution is -0.123. The number of hydrogen-bond acceptors (Lipinski definition) is 4. The fraction of sp³-hybridized carbons (Fsp3) is 0.0526. The molecular formula is C19H12Cl4N2O3. The first-order chi connectivity index (χ1) is 13.4. The molecule has 0 unspecified atom stereocenters. The summed E-state index contributed by atoms with van der Waals surface area (Å²) in [5, 5.41) is 5.53. The van der Waals surface area contributed by atoms with Crippen molar-refractivity contribution in [2.24, 2.45) is 5.10 Å². The Kier molecular flexibility index (Phi) is 6.86. The second-order valence-corrected chi connectivity index (χ2v) is 7.14. The normalized spacial score (nSPS) is 11.0. The summed E-state index contributed by atoms with van der Waals surface area (Å²) in [6.07, 6.45) is 1.36. The number of nitrogens with zero attached hydrogens (tertiary/aromatic N) is 1. The summed E-state index contributed by atoms with van der Waals surface area (Å²) in [5.74, 6) is 1.00. The first-order valence-corrected chi connectivity index (χ1v) is 9.38. The van der Waals surface area contributed by atoms with E-state index in [1.54, 1.807) is 42.5 Å². The summed E-state index contributed by atoms with van der Waals surface area (Å²) in [7, 11) is 0. The Morgan fingerprint density at radius 1 is 1.00 bits per heavy atom. The van der Waals surface area contributed by atoms with Crippen molar-refractivity contribution in [1.82, 2.24) is 5.43 Å². The Balaban J connectivity index is 1.56. The number of benzene rings is 2. The minimum Gasteiger partial charge on any atom is -0.484 e. The molecule has 2 aromatic carbocycles. The molecule has 1 N–H and O–H groups in total. The van der Waals surface area contributed by atoms with Gasteiger partial charge in [-0.25, -0.2) is 5.43 Å². The largest absolute Gasteiger partial charge is 0.484 e. The summed E-state index contributed by atoms with van der Waals surface area (Å²) in [6, 6.07) is 13.2. The van der Waals surface area contributed by atoms with Gasteiger partial charge in [0, 0.05) is 10.6 Å². The standard InChI is InChI=1S/C19H12Cl4N2O3/c20-11-1-3-12(4-2-11)27-10-19(26)25-24-9-13-5-6-18(28-13)14-7-16(22)17(23)8-15(14)21/h1-9H,10H2,(H,25,26)/b24-9-. The smallest absolute Gasteiger partial charge is 0.277 e. The third-order valence-electron chi connectivity index (χ3n) is 3.47. The van der Waals surface area contributed by atoms with E-state index in [0.29, 0.717) is 42.9 Å². The second kappa shape index (κ2) is 9.34. The predicted molar refractivity (Wildman–Crippen MR) is 112 cm³/mol. The van der Waals surface area contributed by atoms with Crippen LogP contribution in [0.3, 0.4) is 0 Å². The molecule has 9 heteroatoms. The maximum Gasteiger partial charge on any atom is 0.277 e. The Morgan fingerprint density at radius 2 is 1.71 bits per heavy atom. The Bertz CT molecular complexity index is 1020. The summed E-state index contributed by atoms with van der Waals surface area (Å²) in [5.41, 5.74) is 2.94. The van der Waals surface area contributed by atoms with E-state index in [9.17, 15) is 4.79 Å². The maximum atomic E-state index is 11.8. The van der Waals surface area contributed by atoms with E-state index >= 15 is 0 Å². The minimum absolute atomic E-state index is 0.193. The second-order valence-electron chi connectivity index (χ2n) is 5.48. The summed E-state index contributed by atoms with van der Waals surface area (Å²) >= 11 is 23.9. The summed E-state index contributed by atoms with van der Waals surface area (Å²) in [6.45, 7) is -0.193. The molecule has 1 heterocycles. The van der Waals surface area contributed by atoms with Crippen molar-refractivity contribution >= 4 is 58.5 Å². The number of carbonyl (C=O) groups excluding carboxylic acids is 1. The first kappa shape index (κ1) is 20.6. The lowest BCUT2D eigenvalue weighted by Gasteiger charge is -2.04. The highest BCUT2D eigenvalue weighted by Crippen LogP contribution is 2.35. The van der Waals surface area contributed by atoms with Crippen molar-refractivity contribution in [2.75, 3.05) is 6.61 Å². The Labute approximate surface area is 180 Å². The molecule has 144 valence electrons. The molecule has 0 radical (unpaired) electrons. The van der Waals surface area contributed by atoms with Crippen molar-refractivity contribution in [1.29, 1.82) is 0 Å². The number of hydrazone groups is 1. The zero-order valence-corrected chi connectivity index (χ0v) is 17.1. The monoisotopic (exact) mass is 456 g/mol. The number of rotatable bonds is 6. The highest BCUT2D eigenvalue weighted by Gasteiger charge is 2.11. The van der Waals surface area contributed by atoms with Gasteiger partial charge >= 0.3 is 0 Å². The van der Waals surface area contributed by atoms with Gasteiger partial charge in [-0.2, -0.15) is 5.10 Å². The number of amides is 1. The van der Waals surface area contributed by atoms with Crippen LogP contribution >= 0.6 is 46.4 Å². The van der Waals surface area contributed by atoms with Crippen LogP contribution < -0.4 is 10.2 Å². The number of ether oxygens (including phenoxy) is 1. The maximum absolute atomic E-state index is 11.8. The van der Waals surface area contributed by atoms with Crippen LogP contribution in [0.5, 0.6) is 5.75 Å². The van der Waals surface area contributed by atoms with E-state index in [1.165, 1.54) is 12.3 Å². The van der Waals surface area contributed by atoms with E-state index in [2.05, 4.69) is 10.5 Å². The molecule has 0 saturated heterocycles. The molecule has 0 aliphatic rings. The number of hydrogen-bond donors (Lipinski definition) is 1. The molecule has 0 aliphatic heterocycles. The third kappa shape index (κ3) is 5.42. The lowest BCUT2D eigenvalue weighted by atomic mass is 10.2. The Morgan fingerprint density at radius 3 is 2.46 bits per heavy atom. The molecule has 3 aromatic rings. The van der Waals surface area contributed by atoms with Gasteiger partial charge in [-0.15, -0.1) is 0 Å². The fourth-order valence-electron chi connectivity index (χ4n) is 2.16. The summed E-state index contributed by atoms with van der Waals surface area (Å²) < 4.78 is 11.0. The highest BCUT2D eigenvalue weighted by molar-refractivity contribution is 6.44. The quantitative estimate of drug-likeness (QED) is 0.276. The highest BCUT2D eigenvalue weighted by atomic mass is 35.5. The van der Waals surface area contributed by atoms with E-state index in [4.69, 9.17) is 55.6 Å². The molecule has 1 amide bonds. The number of halogens is 4. The van der Waals surface area contributed by atoms with Crippen molar-refractivity contribution in [3.05, 3.63) is 74.4 Å². The molecule has 0 fully saturated rings. The van der Waals surface area contributed by atoms with Crippen LogP contribution in [0.2, 0.25) is 20.1 Å². The van der Waals surface area contributed by atoms with Gasteiger partial charge in [-0.05, 0) is 48.5 Å². The van der Waals surface area contributed by atoms with E-state index in [-0.39, 0.29) is 6.61 Å².